The van der Waals surface area contributed by atoms with Crippen molar-refractivity contribution < 1.29 is 24.5 Å². The van der Waals surface area contributed by atoms with Crippen molar-refractivity contribution in [3.05, 3.63) is 36.5 Å². The SMILES string of the molecule is CC/C=C/C/C=C/C/C=C/CCCCCCC(=O)OC(CCCCCCCCC)CC(=O)NC(CO)C(O)CCCCCCCCCCCCCCCCCC. The standard InChI is InChI=1S/C50H93NO5/c1-4-7-10-13-16-18-20-22-24-25-26-28-30-33-36-39-42-48(53)47(45-52)51-49(54)44-46(41-38-35-32-15-12-9-6-3)56-50(55)43-40-37-34-31-29-27-23-21-19-17-14-11-8-5-2/h8,11,17,19,23,27,46-48,52-53H,4-7,9-10,12-16,18,20-22,24-26,28-45H2,1-3H3,(H,51,54)/b11-8+,19-17+,27-23+. The van der Waals surface area contributed by atoms with Crippen molar-refractivity contribution >= 4 is 11.9 Å². The van der Waals surface area contributed by atoms with Crippen LogP contribution in [0.5, 0.6) is 0 Å². The summed E-state index contributed by atoms with van der Waals surface area (Å²) >= 11 is 0. The highest BCUT2D eigenvalue weighted by Gasteiger charge is 2.24. The Morgan fingerprint density at radius 1 is 0.536 bits per heavy atom. The third-order valence-electron chi connectivity index (χ3n) is 11.0. The smallest absolute Gasteiger partial charge is 0.306 e. The molecule has 0 aliphatic rings. The molecule has 0 aromatic rings. The highest BCUT2D eigenvalue weighted by atomic mass is 16.5. The quantitative estimate of drug-likeness (QED) is 0.0325. The molecule has 0 rings (SSSR count). The second-order valence-corrected chi connectivity index (χ2v) is 16.5. The second-order valence-electron chi connectivity index (χ2n) is 16.5. The zero-order chi connectivity index (χ0) is 41.0. The van der Waals surface area contributed by atoms with E-state index in [4.69, 9.17) is 4.74 Å². The molecule has 0 saturated carbocycles. The molecule has 6 nitrogen and oxygen atoms in total. The van der Waals surface area contributed by atoms with Gasteiger partial charge in [-0.1, -0.05) is 211 Å². The van der Waals surface area contributed by atoms with Gasteiger partial charge in [-0.05, 0) is 57.8 Å². The molecule has 0 aromatic heterocycles. The zero-order valence-electron chi connectivity index (χ0n) is 37.3. The summed E-state index contributed by atoms with van der Waals surface area (Å²) in [5.41, 5.74) is 0. The molecule has 3 atom stereocenters. The highest BCUT2D eigenvalue weighted by molar-refractivity contribution is 5.77. The number of carbonyl (C=O) groups excluding carboxylic acids is 2. The van der Waals surface area contributed by atoms with Gasteiger partial charge in [-0.15, -0.1) is 0 Å². The van der Waals surface area contributed by atoms with Gasteiger partial charge in [-0.2, -0.15) is 0 Å². The van der Waals surface area contributed by atoms with E-state index in [-0.39, 0.29) is 24.9 Å². The minimum atomic E-state index is -0.787. The summed E-state index contributed by atoms with van der Waals surface area (Å²) in [7, 11) is 0. The van der Waals surface area contributed by atoms with Gasteiger partial charge in [0.05, 0.1) is 25.2 Å². The molecule has 3 unspecified atom stereocenters. The minimum absolute atomic E-state index is 0.0702. The Hall–Kier alpha value is -1.92. The maximum atomic E-state index is 13.1. The Morgan fingerprint density at radius 2 is 0.964 bits per heavy atom. The fraction of sp³-hybridized carbons (Fsp3) is 0.840. The number of aliphatic hydroxyl groups excluding tert-OH is 2. The van der Waals surface area contributed by atoms with Crippen molar-refractivity contribution in [2.75, 3.05) is 6.61 Å². The van der Waals surface area contributed by atoms with E-state index < -0.39 is 18.2 Å². The number of ether oxygens (including phenoxy) is 1. The van der Waals surface area contributed by atoms with Gasteiger partial charge in [0.1, 0.15) is 6.10 Å². The van der Waals surface area contributed by atoms with E-state index in [0.29, 0.717) is 19.3 Å². The van der Waals surface area contributed by atoms with E-state index in [2.05, 4.69) is 62.5 Å². The predicted octanol–water partition coefficient (Wildman–Crippen LogP) is 14.1. The van der Waals surface area contributed by atoms with Crippen LogP contribution < -0.4 is 5.32 Å². The van der Waals surface area contributed by atoms with Crippen LogP contribution in [0.15, 0.2) is 36.5 Å². The van der Waals surface area contributed by atoms with E-state index in [1.165, 1.54) is 116 Å². The van der Waals surface area contributed by atoms with E-state index in [1.807, 2.05) is 0 Å². The van der Waals surface area contributed by atoms with Gasteiger partial charge in [0.15, 0.2) is 0 Å². The van der Waals surface area contributed by atoms with Crippen LogP contribution in [0.3, 0.4) is 0 Å². The lowest BCUT2D eigenvalue weighted by Gasteiger charge is -2.24. The van der Waals surface area contributed by atoms with E-state index >= 15 is 0 Å². The number of hydrogen-bond donors (Lipinski definition) is 3. The summed E-state index contributed by atoms with van der Waals surface area (Å²) in [5.74, 6) is -0.499. The number of allylic oxidation sites excluding steroid dienone is 6. The Labute approximate surface area is 347 Å². The number of carbonyl (C=O) groups is 2. The molecule has 328 valence electrons. The minimum Gasteiger partial charge on any atom is -0.462 e. The third-order valence-corrected chi connectivity index (χ3v) is 11.0. The van der Waals surface area contributed by atoms with Crippen molar-refractivity contribution in [2.45, 2.75) is 264 Å². The lowest BCUT2D eigenvalue weighted by molar-refractivity contribution is -0.151. The topological polar surface area (TPSA) is 95.9 Å². The average Bonchev–Trinajstić information content (AvgIpc) is 3.19. The predicted molar refractivity (Wildman–Crippen MR) is 241 cm³/mol. The third kappa shape index (κ3) is 38.9. The van der Waals surface area contributed by atoms with Gasteiger partial charge in [-0.3, -0.25) is 9.59 Å². The summed E-state index contributed by atoms with van der Waals surface area (Å²) in [6.45, 7) is 6.34. The molecule has 0 spiro atoms. The van der Waals surface area contributed by atoms with Crippen LogP contribution in [0.25, 0.3) is 0 Å². The summed E-state index contributed by atoms with van der Waals surface area (Å²) in [6.07, 6.45) is 50.7. The zero-order valence-corrected chi connectivity index (χ0v) is 37.3. The van der Waals surface area contributed by atoms with Crippen LogP contribution in [-0.2, 0) is 14.3 Å². The molecule has 0 heterocycles. The molecule has 56 heavy (non-hydrogen) atoms. The molecule has 0 aromatic carbocycles. The van der Waals surface area contributed by atoms with Crippen molar-refractivity contribution in [3.63, 3.8) is 0 Å². The fourth-order valence-electron chi connectivity index (χ4n) is 7.33. The van der Waals surface area contributed by atoms with Crippen LogP contribution in [0.2, 0.25) is 0 Å². The van der Waals surface area contributed by atoms with Crippen molar-refractivity contribution in [1.82, 2.24) is 5.32 Å². The second kappa shape index (κ2) is 44.2. The Bertz CT molecular complexity index is 930. The maximum Gasteiger partial charge on any atom is 0.306 e. The van der Waals surface area contributed by atoms with Gasteiger partial charge in [0.2, 0.25) is 5.91 Å². The van der Waals surface area contributed by atoms with Gasteiger partial charge in [-0.25, -0.2) is 0 Å². The van der Waals surface area contributed by atoms with Crippen LogP contribution in [-0.4, -0.2) is 46.9 Å². The maximum absolute atomic E-state index is 13.1. The number of nitrogens with one attached hydrogen (secondary N) is 1. The molecule has 1 amide bonds. The van der Waals surface area contributed by atoms with E-state index in [1.54, 1.807) is 0 Å². The molecule has 0 aliphatic carbocycles. The van der Waals surface area contributed by atoms with Crippen LogP contribution in [0, 0.1) is 0 Å². The molecule has 6 heteroatoms. The van der Waals surface area contributed by atoms with Gasteiger partial charge in [0, 0.05) is 6.42 Å². The number of amides is 1. The van der Waals surface area contributed by atoms with Crippen molar-refractivity contribution in [1.29, 1.82) is 0 Å². The molecule has 3 N–H and O–H groups in total. The van der Waals surface area contributed by atoms with Gasteiger partial charge < -0.3 is 20.3 Å². The number of hydrogen-bond acceptors (Lipinski definition) is 5. The van der Waals surface area contributed by atoms with Crippen LogP contribution in [0.1, 0.15) is 245 Å². The highest BCUT2D eigenvalue weighted by Crippen LogP contribution is 2.18. The molecule has 0 radical (unpaired) electrons. The molecular weight excluding hydrogens is 695 g/mol. The number of unbranched alkanes of at least 4 members (excludes halogenated alkanes) is 25. The summed E-state index contributed by atoms with van der Waals surface area (Å²) in [5, 5.41) is 23.7. The Kier molecular flexibility index (Phi) is 42.7. The molecule has 0 fully saturated rings. The van der Waals surface area contributed by atoms with Gasteiger partial charge in [0.25, 0.3) is 0 Å². The molecule has 0 aliphatic heterocycles. The number of esters is 1. The fourth-order valence-corrected chi connectivity index (χ4v) is 7.33. The van der Waals surface area contributed by atoms with Crippen LogP contribution in [0.4, 0.5) is 0 Å². The summed E-state index contributed by atoms with van der Waals surface area (Å²) in [6, 6.07) is -0.701. The largest absolute Gasteiger partial charge is 0.462 e. The Morgan fingerprint density at radius 3 is 1.46 bits per heavy atom. The lowest BCUT2D eigenvalue weighted by Crippen LogP contribution is -2.46. The average molecular weight is 788 g/mol. The van der Waals surface area contributed by atoms with Gasteiger partial charge >= 0.3 is 5.97 Å². The summed E-state index contributed by atoms with van der Waals surface area (Å²) in [4.78, 5) is 25.9. The molecule has 0 bridgehead atoms. The van der Waals surface area contributed by atoms with Crippen LogP contribution >= 0.6 is 0 Å². The van der Waals surface area contributed by atoms with E-state index in [9.17, 15) is 19.8 Å². The monoisotopic (exact) mass is 788 g/mol. The molecule has 0 saturated heterocycles. The summed E-state index contributed by atoms with van der Waals surface area (Å²) < 4.78 is 5.87. The first-order chi connectivity index (χ1) is 27.5. The normalized spacial score (nSPS) is 13.6. The first-order valence-electron chi connectivity index (χ1n) is 24.2. The van der Waals surface area contributed by atoms with Crippen molar-refractivity contribution in [3.8, 4) is 0 Å². The van der Waals surface area contributed by atoms with E-state index in [0.717, 1.165) is 83.5 Å². The Balaban J connectivity index is 4.39. The molecular formula is C50H93NO5. The number of rotatable bonds is 43. The van der Waals surface area contributed by atoms with Crippen molar-refractivity contribution in [2.24, 2.45) is 0 Å². The first-order valence-corrected chi connectivity index (χ1v) is 24.2. The first kappa shape index (κ1) is 54.1. The lowest BCUT2D eigenvalue weighted by atomic mass is 10.0. The number of aliphatic hydroxyl groups is 2.